The lowest BCUT2D eigenvalue weighted by molar-refractivity contribution is -0.137. The molecule has 0 bridgehead atoms. The molecule has 6 rings (SSSR count). The van der Waals surface area contributed by atoms with Crippen molar-refractivity contribution in [2.24, 2.45) is 0 Å². The van der Waals surface area contributed by atoms with E-state index in [1.54, 1.807) is 11.0 Å². The molecule has 3 aromatic carbocycles. The number of amides is 2. The number of carbonyl (C=O) groups excluding carboxylic acids is 2. The van der Waals surface area contributed by atoms with Crippen molar-refractivity contribution in [2.75, 3.05) is 13.1 Å². The molecule has 246 valence electrons. The molecule has 1 aromatic heterocycles. The second-order valence-corrected chi connectivity index (χ2v) is 13.2. The van der Waals surface area contributed by atoms with E-state index in [1.807, 2.05) is 42.6 Å². The van der Waals surface area contributed by atoms with Gasteiger partial charge in [-0.1, -0.05) is 42.5 Å². The minimum Gasteiger partial charge on any atom is -0.389 e. The zero-order valence-corrected chi connectivity index (χ0v) is 26.8. The van der Waals surface area contributed by atoms with Crippen molar-refractivity contribution < 1.29 is 27.9 Å². The predicted molar refractivity (Wildman–Crippen MR) is 175 cm³/mol. The molecule has 3 N–H and O–H groups in total. The molecule has 47 heavy (non-hydrogen) atoms. The molecule has 0 spiro atoms. The zero-order chi connectivity index (χ0) is 33.1. The van der Waals surface area contributed by atoms with Crippen molar-refractivity contribution in [3.05, 3.63) is 111 Å². The molecule has 2 aliphatic rings. The second kappa shape index (κ2) is 14.0. The number of rotatable bonds is 9. The number of likely N-dealkylation sites (tertiary alicyclic amines) is 1. The minimum atomic E-state index is -4.56. The summed E-state index contributed by atoms with van der Waals surface area (Å²) in [4.78, 5) is 34.5. The third-order valence-electron chi connectivity index (χ3n) is 8.94. The first-order valence-corrected chi connectivity index (χ1v) is 16.8. The van der Waals surface area contributed by atoms with E-state index in [0.717, 1.165) is 60.6 Å². The summed E-state index contributed by atoms with van der Waals surface area (Å²) in [5, 5.41) is 20.5. The van der Waals surface area contributed by atoms with E-state index in [-0.39, 0.29) is 34.7 Å². The van der Waals surface area contributed by atoms with Gasteiger partial charge in [-0.3, -0.25) is 9.59 Å². The van der Waals surface area contributed by atoms with E-state index in [4.69, 9.17) is 0 Å². The summed E-state index contributed by atoms with van der Waals surface area (Å²) in [5.41, 5.74) is 1.83. The number of aliphatic hydroxyl groups excluding tert-OH is 1. The number of hydrogen-bond donors (Lipinski definition) is 3. The first kappa shape index (κ1) is 32.9. The monoisotopic (exact) mass is 662 g/mol. The lowest BCUT2D eigenvalue weighted by Crippen LogP contribution is -2.52. The third-order valence-corrected chi connectivity index (χ3v) is 10.0. The van der Waals surface area contributed by atoms with Gasteiger partial charge in [-0.15, -0.1) is 11.3 Å². The van der Waals surface area contributed by atoms with Gasteiger partial charge in [0.25, 0.3) is 11.8 Å². The summed E-state index contributed by atoms with van der Waals surface area (Å²) in [6.45, 7) is 3.17. The van der Waals surface area contributed by atoms with Crippen molar-refractivity contribution in [3.63, 3.8) is 0 Å². The van der Waals surface area contributed by atoms with Crippen LogP contribution in [0.25, 0.3) is 11.1 Å². The molecule has 0 saturated carbocycles. The van der Waals surface area contributed by atoms with Crippen LogP contribution in [0.2, 0.25) is 0 Å². The standard InChI is InChI=1S/C36H37F3N4O3S/c1-22-21-47-34(41-22)31-13-7-15-43(31)35(46)27-18-25(24-10-5-11-28(20-24)36(37,38)39)17-26(19-27)33(45)42-30(16-23-8-3-2-4-9-23)32(44)29-12-6-14-40-29/h2-5,8-11,17-21,29-32,40,44H,6-7,12-16H2,1H3,(H,42,45)/t29?,30-,31?,32+/m0/s1. The average molecular weight is 663 g/mol. The Bertz CT molecular complexity index is 1720. The molecule has 4 aromatic rings. The van der Waals surface area contributed by atoms with Crippen LogP contribution in [-0.2, 0) is 12.6 Å². The van der Waals surface area contributed by atoms with Gasteiger partial charge in [-0.25, -0.2) is 4.98 Å². The number of aryl methyl sites for hydroxylation is 1. The van der Waals surface area contributed by atoms with E-state index in [0.29, 0.717) is 18.5 Å². The number of carbonyl (C=O) groups is 2. The van der Waals surface area contributed by atoms with Gasteiger partial charge < -0.3 is 20.6 Å². The van der Waals surface area contributed by atoms with Gasteiger partial charge in [0.1, 0.15) is 5.01 Å². The molecule has 2 amide bonds. The van der Waals surface area contributed by atoms with Crippen LogP contribution < -0.4 is 10.6 Å². The van der Waals surface area contributed by atoms with Crippen molar-refractivity contribution >= 4 is 23.2 Å². The third kappa shape index (κ3) is 7.58. The lowest BCUT2D eigenvalue weighted by Gasteiger charge is -2.29. The zero-order valence-electron chi connectivity index (χ0n) is 26.0. The fraction of sp³-hybridized carbons (Fsp3) is 0.361. The molecular weight excluding hydrogens is 625 g/mol. The number of thiazole rings is 1. The maximum absolute atomic E-state index is 14.1. The van der Waals surface area contributed by atoms with Crippen LogP contribution in [-0.4, -0.2) is 58.1 Å². The summed E-state index contributed by atoms with van der Waals surface area (Å²) in [6.07, 6.45) is -1.88. The number of hydrogen-bond acceptors (Lipinski definition) is 6. The minimum absolute atomic E-state index is 0.119. The van der Waals surface area contributed by atoms with Gasteiger partial charge >= 0.3 is 6.18 Å². The second-order valence-electron chi connectivity index (χ2n) is 12.3. The number of halogens is 3. The molecule has 7 nitrogen and oxygen atoms in total. The Morgan fingerprint density at radius 2 is 1.81 bits per heavy atom. The fourth-order valence-corrected chi connectivity index (χ4v) is 7.48. The number of benzene rings is 3. The molecule has 11 heteroatoms. The fourth-order valence-electron chi connectivity index (χ4n) is 6.54. The number of aliphatic hydroxyl groups is 1. The first-order valence-electron chi connectivity index (χ1n) is 15.9. The van der Waals surface area contributed by atoms with Crippen molar-refractivity contribution in [1.82, 2.24) is 20.5 Å². The Hall–Kier alpha value is -4.06. The molecule has 2 fully saturated rings. The molecule has 2 unspecified atom stereocenters. The Morgan fingerprint density at radius 3 is 2.51 bits per heavy atom. The van der Waals surface area contributed by atoms with Gasteiger partial charge in [0, 0.05) is 34.8 Å². The molecule has 0 aliphatic carbocycles. The van der Waals surface area contributed by atoms with Crippen LogP contribution in [0.15, 0.2) is 78.2 Å². The van der Waals surface area contributed by atoms with Crippen LogP contribution in [0.4, 0.5) is 13.2 Å². The molecule has 0 radical (unpaired) electrons. The Labute approximate surface area is 275 Å². The summed E-state index contributed by atoms with van der Waals surface area (Å²) in [6, 6.07) is 17.9. The first-order chi connectivity index (χ1) is 22.6. The van der Waals surface area contributed by atoms with Crippen molar-refractivity contribution in [3.8, 4) is 11.1 Å². The Morgan fingerprint density at radius 1 is 1.02 bits per heavy atom. The Kier molecular flexibility index (Phi) is 9.77. The van der Waals surface area contributed by atoms with Gasteiger partial charge in [0.2, 0.25) is 0 Å². The van der Waals surface area contributed by atoms with Crippen molar-refractivity contribution in [1.29, 1.82) is 0 Å². The van der Waals surface area contributed by atoms with E-state index in [9.17, 15) is 27.9 Å². The summed E-state index contributed by atoms with van der Waals surface area (Å²) >= 11 is 1.49. The van der Waals surface area contributed by atoms with Crippen LogP contribution in [0.3, 0.4) is 0 Å². The van der Waals surface area contributed by atoms with Gasteiger partial charge in [-0.2, -0.15) is 13.2 Å². The summed E-state index contributed by atoms with van der Waals surface area (Å²) < 4.78 is 41.0. The van der Waals surface area contributed by atoms with Crippen molar-refractivity contribution in [2.45, 2.75) is 69.4 Å². The molecule has 2 aliphatic heterocycles. The predicted octanol–water partition coefficient (Wildman–Crippen LogP) is 6.57. The van der Waals surface area contributed by atoms with Crippen LogP contribution in [0, 0.1) is 6.92 Å². The molecule has 3 heterocycles. The highest BCUT2D eigenvalue weighted by atomic mass is 32.1. The molecule has 2 saturated heterocycles. The number of nitrogens with zero attached hydrogens (tertiary/aromatic N) is 2. The summed E-state index contributed by atoms with van der Waals surface area (Å²) in [5.74, 6) is -0.848. The quantitative estimate of drug-likeness (QED) is 0.189. The van der Waals surface area contributed by atoms with Crippen LogP contribution in [0.5, 0.6) is 0 Å². The maximum atomic E-state index is 14.1. The highest BCUT2D eigenvalue weighted by molar-refractivity contribution is 7.09. The smallest absolute Gasteiger partial charge is 0.389 e. The number of aromatic nitrogens is 1. The molecule has 4 atom stereocenters. The topological polar surface area (TPSA) is 94.6 Å². The average Bonchev–Trinajstić information content (AvgIpc) is 3.86. The van der Waals surface area contributed by atoms with E-state index >= 15 is 0 Å². The molecular formula is C36H37F3N4O3S. The van der Waals surface area contributed by atoms with E-state index < -0.39 is 29.8 Å². The van der Waals surface area contributed by atoms with Crippen LogP contribution >= 0.6 is 11.3 Å². The van der Waals surface area contributed by atoms with Gasteiger partial charge in [0.05, 0.1) is 23.8 Å². The largest absolute Gasteiger partial charge is 0.416 e. The normalized spacial score (nSPS) is 19.5. The number of alkyl halides is 3. The SMILES string of the molecule is Cc1csc(C2CCCN2C(=O)c2cc(C(=O)N[C@@H](Cc3ccccc3)[C@H](O)C3CCCN3)cc(-c3cccc(C(F)(F)F)c3)c2)n1. The lowest BCUT2D eigenvalue weighted by atomic mass is 9.94. The van der Waals surface area contributed by atoms with Crippen LogP contribution in [0.1, 0.15) is 74.3 Å². The maximum Gasteiger partial charge on any atom is 0.416 e. The Balaban J connectivity index is 1.36. The van der Waals surface area contributed by atoms with Gasteiger partial charge in [0.15, 0.2) is 0 Å². The number of nitrogens with one attached hydrogen (secondary N) is 2. The van der Waals surface area contributed by atoms with E-state index in [2.05, 4.69) is 15.6 Å². The highest BCUT2D eigenvalue weighted by Gasteiger charge is 2.35. The highest BCUT2D eigenvalue weighted by Crippen LogP contribution is 2.36. The summed E-state index contributed by atoms with van der Waals surface area (Å²) in [7, 11) is 0. The van der Waals surface area contributed by atoms with Gasteiger partial charge in [-0.05, 0) is 92.6 Å². The van der Waals surface area contributed by atoms with E-state index in [1.165, 1.54) is 35.6 Å².